The average molecular weight is 248 g/mol. The molecule has 0 saturated carbocycles. The Labute approximate surface area is 110 Å². The number of anilines is 1. The van der Waals surface area contributed by atoms with Gasteiger partial charge in [0.15, 0.2) is 0 Å². The van der Waals surface area contributed by atoms with Gasteiger partial charge in [-0.05, 0) is 29.9 Å². The summed E-state index contributed by atoms with van der Waals surface area (Å²) in [5, 5.41) is 0. The number of hydrogen-bond acceptors (Lipinski definition) is 3. The van der Waals surface area contributed by atoms with Crippen LogP contribution >= 0.6 is 0 Å². The lowest BCUT2D eigenvalue weighted by Gasteiger charge is -2.31. The van der Waals surface area contributed by atoms with Crippen molar-refractivity contribution in [2.45, 2.75) is 34.1 Å². The topological polar surface area (TPSA) is 25.4 Å². The van der Waals surface area contributed by atoms with Gasteiger partial charge in [0.05, 0.1) is 13.2 Å². The quantitative estimate of drug-likeness (QED) is 0.804. The zero-order chi connectivity index (χ0) is 13.2. The van der Waals surface area contributed by atoms with Gasteiger partial charge in [-0.2, -0.15) is 0 Å². The van der Waals surface area contributed by atoms with E-state index in [4.69, 9.17) is 4.74 Å². The molecule has 0 aromatic carbocycles. The highest BCUT2D eigenvalue weighted by Crippen LogP contribution is 2.27. The number of rotatable bonds is 2. The molecule has 1 saturated heterocycles. The summed E-state index contributed by atoms with van der Waals surface area (Å²) in [6.07, 6.45) is 3.03. The Kier molecular flexibility index (Phi) is 3.91. The summed E-state index contributed by atoms with van der Waals surface area (Å²) in [5.74, 6) is 1.15. The highest BCUT2D eigenvalue weighted by atomic mass is 16.5. The molecule has 0 amide bonds. The summed E-state index contributed by atoms with van der Waals surface area (Å²) < 4.78 is 5.42. The Balaban J connectivity index is 2.27. The Bertz CT molecular complexity index is 403. The van der Waals surface area contributed by atoms with E-state index in [0.29, 0.717) is 0 Å². The fraction of sp³-hybridized carbons (Fsp3) is 0.667. The second-order valence-electron chi connectivity index (χ2n) is 6.33. The molecule has 100 valence electrons. The predicted octanol–water partition coefficient (Wildman–Crippen LogP) is 2.82. The first-order chi connectivity index (χ1) is 8.46. The van der Waals surface area contributed by atoms with Crippen LogP contribution in [-0.4, -0.2) is 31.3 Å². The molecule has 1 aliphatic rings. The van der Waals surface area contributed by atoms with E-state index in [1.807, 2.05) is 6.20 Å². The Morgan fingerprint density at radius 3 is 2.56 bits per heavy atom. The van der Waals surface area contributed by atoms with E-state index >= 15 is 0 Å². The SMILES string of the molecule is Cc1cnc(N2CCOCC2)c(CC(C)(C)C)c1. The lowest BCUT2D eigenvalue weighted by molar-refractivity contribution is 0.122. The summed E-state index contributed by atoms with van der Waals surface area (Å²) in [6.45, 7) is 12.5. The van der Waals surface area contributed by atoms with Gasteiger partial charge in [-0.1, -0.05) is 26.8 Å². The fourth-order valence-electron chi connectivity index (χ4n) is 2.38. The van der Waals surface area contributed by atoms with Crippen molar-refractivity contribution in [1.82, 2.24) is 4.98 Å². The van der Waals surface area contributed by atoms with Gasteiger partial charge in [0, 0.05) is 19.3 Å². The third-order valence-corrected chi connectivity index (χ3v) is 3.11. The van der Waals surface area contributed by atoms with Crippen LogP contribution in [0.15, 0.2) is 12.3 Å². The molecule has 0 unspecified atom stereocenters. The molecular formula is C15H24N2O. The number of pyridine rings is 1. The number of aromatic nitrogens is 1. The molecule has 1 aliphatic heterocycles. The van der Waals surface area contributed by atoms with E-state index in [2.05, 4.69) is 43.6 Å². The minimum Gasteiger partial charge on any atom is -0.378 e. The van der Waals surface area contributed by atoms with E-state index in [9.17, 15) is 0 Å². The maximum Gasteiger partial charge on any atom is 0.131 e. The zero-order valence-electron chi connectivity index (χ0n) is 12.0. The van der Waals surface area contributed by atoms with Crippen LogP contribution in [0.5, 0.6) is 0 Å². The number of morpholine rings is 1. The molecule has 0 spiro atoms. The van der Waals surface area contributed by atoms with Crippen molar-refractivity contribution in [2.24, 2.45) is 5.41 Å². The molecule has 0 N–H and O–H groups in total. The van der Waals surface area contributed by atoms with Crippen LogP contribution in [0, 0.1) is 12.3 Å². The van der Waals surface area contributed by atoms with Gasteiger partial charge in [-0.25, -0.2) is 4.98 Å². The molecule has 3 heteroatoms. The first kappa shape index (κ1) is 13.3. The van der Waals surface area contributed by atoms with Crippen LogP contribution in [0.4, 0.5) is 5.82 Å². The zero-order valence-corrected chi connectivity index (χ0v) is 12.0. The van der Waals surface area contributed by atoms with E-state index < -0.39 is 0 Å². The first-order valence-corrected chi connectivity index (χ1v) is 6.74. The first-order valence-electron chi connectivity index (χ1n) is 6.74. The number of nitrogens with zero attached hydrogens (tertiary/aromatic N) is 2. The summed E-state index contributed by atoms with van der Waals surface area (Å²) in [7, 11) is 0. The molecule has 0 atom stereocenters. The third-order valence-electron chi connectivity index (χ3n) is 3.11. The Morgan fingerprint density at radius 1 is 1.28 bits per heavy atom. The highest BCUT2D eigenvalue weighted by molar-refractivity contribution is 5.48. The number of ether oxygens (including phenoxy) is 1. The molecule has 1 aromatic heterocycles. The molecule has 2 rings (SSSR count). The van der Waals surface area contributed by atoms with Crippen molar-refractivity contribution in [3.05, 3.63) is 23.4 Å². The molecule has 18 heavy (non-hydrogen) atoms. The van der Waals surface area contributed by atoms with Crippen LogP contribution in [0.1, 0.15) is 31.9 Å². The summed E-state index contributed by atoms with van der Waals surface area (Å²) >= 11 is 0. The van der Waals surface area contributed by atoms with Gasteiger partial charge in [0.25, 0.3) is 0 Å². The fourth-order valence-corrected chi connectivity index (χ4v) is 2.38. The van der Waals surface area contributed by atoms with E-state index in [1.54, 1.807) is 0 Å². The number of hydrogen-bond donors (Lipinski definition) is 0. The van der Waals surface area contributed by atoms with Gasteiger partial charge in [0.1, 0.15) is 5.82 Å². The van der Waals surface area contributed by atoms with E-state index in [-0.39, 0.29) is 5.41 Å². The number of aryl methyl sites for hydroxylation is 1. The van der Waals surface area contributed by atoms with Crippen molar-refractivity contribution < 1.29 is 4.74 Å². The maximum absolute atomic E-state index is 5.42. The average Bonchev–Trinajstić information content (AvgIpc) is 2.28. The minimum absolute atomic E-state index is 0.288. The molecule has 1 aromatic rings. The minimum atomic E-state index is 0.288. The lowest BCUT2D eigenvalue weighted by Crippen LogP contribution is -2.37. The monoisotopic (exact) mass is 248 g/mol. The standard InChI is InChI=1S/C15H24N2O/c1-12-9-13(10-15(2,3)4)14(16-11-12)17-5-7-18-8-6-17/h9,11H,5-8,10H2,1-4H3. The third kappa shape index (κ3) is 3.45. The predicted molar refractivity (Wildman–Crippen MR) is 75.2 cm³/mol. The molecule has 0 radical (unpaired) electrons. The Hall–Kier alpha value is -1.09. The largest absolute Gasteiger partial charge is 0.378 e. The van der Waals surface area contributed by atoms with Crippen LogP contribution in [0.2, 0.25) is 0 Å². The second kappa shape index (κ2) is 5.27. The van der Waals surface area contributed by atoms with Crippen LogP contribution in [0.25, 0.3) is 0 Å². The molecule has 3 nitrogen and oxygen atoms in total. The maximum atomic E-state index is 5.42. The molecule has 0 aliphatic carbocycles. The van der Waals surface area contributed by atoms with Crippen molar-refractivity contribution in [2.75, 3.05) is 31.2 Å². The molecular weight excluding hydrogens is 224 g/mol. The van der Waals surface area contributed by atoms with Crippen LogP contribution < -0.4 is 4.90 Å². The normalized spacial score (nSPS) is 17.0. The van der Waals surface area contributed by atoms with E-state index in [0.717, 1.165) is 38.5 Å². The van der Waals surface area contributed by atoms with Gasteiger partial charge in [-0.15, -0.1) is 0 Å². The van der Waals surface area contributed by atoms with Crippen LogP contribution in [0.3, 0.4) is 0 Å². The highest BCUT2D eigenvalue weighted by Gasteiger charge is 2.20. The van der Waals surface area contributed by atoms with Gasteiger partial charge in [-0.3, -0.25) is 0 Å². The van der Waals surface area contributed by atoms with Gasteiger partial charge < -0.3 is 9.64 Å². The van der Waals surface area contributed by atoms with Crippen molar-refractivity contribution in [3.63, 3.8) is 0 Å². The Morgan fingerprint density at radius 2 is 1.94 bits per heavy atom. The molecule has 1 fully saturated rings. The second-order valence-corrected chi connectivity index (χ2v) is 6.33. The van der Waals surface area contributed by atoms with E-state index in [1.165, 1.54) is 11.1 Å². The molecule has 0 bridgehead atoms. The summed E-state index contributed by atoms with van der Waals surface area (Å²) in [4.78, 5) is 7.01. The van der Waals surface area contributed by atoms with Gasteiger partial charge >= 0.3 is 0 Å². The van der Waals surface area contributed by atoms with Gasteiger partial charge in [0.2, 0.25) is 0 Å². The van der Waals surface area contributed by atoms with Crippen molar-refractivity contribution >= 4 is 5.82 Å². The molecule has 2 heterocycles. The van der Waals surface area contributed by atoms with Crippen molar-refractivity contribution in [1.29, 1.82) is 0 Å². The lowest BCUT2D eigenvalue weighted by atomic mass is 9.88. The summed E-state index contributed by atoms with van der Waals surface area (Å²) in [6, 6.07) is 2.28. The van der Waals surface area contributed by atoms with Crippen LogP contribution in [-0.2, 0) is 11.2 Å². The summed E-state index contributed by atoms with van der Waals surface area (Å²) in [5.41, 5.74) is 2.90. The smallest absolute Gasteiger partial charge is 0.131 e. The van der Waals surface area contributed by atoms with Crippen molar-refractivity contribution in [3.8, 4) is 0 Å².